The van der Waals surface area contributed by atoms with E-state index in [9.17, 15) is 0 Å². The number of ether oxygens (including phenoxy) is 2. The van der Waals surface area contributed by atoms with E-state index in [0.29, 0.717) is 19.0 Å². The molecule has 1 N–H and O–H groups in total. The number of pyridine rings is 1. The van der Waals surface area contributed by atoms with Crippen molar-refractivity contribution in [2.45, 2.75) is 13.5 Å². The minimum atomic E-state index is 0.574. The Morgan fingerprint density at radius 1 is 1.29 bits per heavy atom. The third-order valence-electron chi connectivity index (χ3n) is 2.81. The second-order valence-electron chi connectivity index (χ2n) is 4.22. The van der Waals surface area contributed by atoms with E-state index in [4.69, 9.17) is 9.47 Å². The van der Waals surface area contributed by atoms with Crippen LogP contribution in [0, 0.1) is 0 Å². The van der Waals surface area contributed by atoms with Gasteiger partial charge in [0.25, 0.3) is 0 Å². The van der Waals surface area contributed by atoms with Crippen LogP contribution in [-0.4, -0.2) is 18.7 Å². The minimum Gasteiger partial charge on any atom is -0.492 e. The fourth-order valence-electron chi connectivity index (χ4n) is 1.93. The van der Waals surface area contributed by atoms with E-state index in [1.807, 2.05) is 31.2 Å². The number of nitrogens with zero attached hydrogens (tertiary/aromatic N) is 1. The predicted molar refractivity (Wildman–Crippen MR) is 91.1 cm³/mol. The van der Waals surface area contributed by atoms with Crippen molar-refractivity contribution in [2.75, 3.05) is 19.0 Å². The fourth-order valence-corrected chi connectivity index (χ4v) is 3.36. The third kappa shape index (κ3) is 4.11. The monoisotopic (exact) mass is 414 g/mol. The van der Waals surface area contributed by atoms with Crippen LogP contribution in [0.5, 0.6) is 11.6 Å². The van der Waals surface area contributed by atoms with E-state index < -0.39 is 0 Å². The Labute approximate surface area is 141 Å². The number of methoxy groups -OCH3 is 1. The number of aromatic nitrogens is 1. The number of hydrogen-bond donors (Lipinski definition) is 1. The standard InChI is InChI=1S/C15H16Br2N2O2/c1-3-21-14-10(7-11(16)8-12(14)17)9-19-13-5-4-6-18-15(13)20-2/h4-8,19H,3,9H2,1-2H3. The van der Waals surface area contributed by atoms with Gasteiger partial charge in [0, 0.05) is 22.8 Å². The van der Waals surface area contributed by atoms with E-state index in [2.05, 4.69) is 42.2 Å². The first-order valence-corrected chi connectivity index (χ1v) is 8.08. The molecular weight excluding hydrogens is 400 g/mol. The summed E-state index contributed by atoms with van der Waals surface area (Å²) in [6.45, 7) is 3.19. The Balaban J connectivity index is 2.23. The zero-order chi connectivity index (χ0) is 15.2. The lowest BCUT2D eigenvalue weighted by Crippen LogP contribution is -2.05. The molecule has 2 rings (SSSR count). The molecule has 0 bridgehead atoms. The summed E-state index contributed by atoms with van der Waals surface area (Å²) in [6, 6.07) is 7.80. The van der Waals surface area contributed by atoms with Gasteiger partial charge >= 0.3 is 0 Å². The molecule has 2 aromatic rings. The normalized spacial score (nSPS) is 10.3. The number of rotatable bonds is 6. The van der Waals surface area contributed by atoms with Crippen LogP contribution < -0.4 is 14.8 Å². The second kappa shape index (κ2) is 7.66. The summed E-state index contributed by atoms with van der Waals surface area (Å²) >= 11 is 7.04. The molecule has 0 unspecified atom stereocenters. The van der Waals surface area contributed by atoms with E-state index in [1.54, 1.807) is 13.3 Å². The molecular formula is C15H16Br2N2O2. The van der Waals surface area contributed by atoms with Gasteiger partial charge in [-0.1, -0.05) is 15.9 Å². The molecule has 0 atom stereocenters. The number of halogens is 2. The molecule has 0 amide bonds. The summed E-state index contributed by atoms with van der Waals surface area (Å²) in [7, 11) is 1.61. The molecule has 0 radical (unpaired) electrons. The SMILES string of the molecule is CCOc1c(Br)cc(Br)cc1CNc1cccnc1OC. The molecule has 4 nitrogen and oxygen atoms in total. The Morgan fingerprint density at radius 2 is 2.10 bits per heavy atom. The average Bonchev–Trinajstić information content (AvgIpc) is 2.48. The highest BCUT2D eigenvalue weighted by atomic mass is 79.9. The largest absolute Gasteiger partial charge is 0.492 e. The van der Waals surface area contributed by atoms with Crippen LogP contribution in [0.25, 0.3) is 0 Å². The van der Waals surface area contributed by atoms with Gasteiger partial charge in [0.15, 0.2) is 0 Å². The van der Waals surface area contributed by atoms with E-state index in [0.717, 1.165) is 25.9 Å². The molecule has 0 saturated heterocycles. The van der Waals surface area contributed by atoms with Gasteiger partial charge in [-0.25, -0.2) is 4.98 Å². The summed E-state index contributed by atoms with van der Waals surface area (Å²) in [5.74, 6) is 1.42. The van der Waals surface area contributed by atoms with Gasteiger partial charge in [0.1, 0.15) is 5.75 Å². The van der Waals surface area contributed by atoms with Gasteiger partial charge in [-0.15, -0.1) is 0 Å². The lowest BCUT2D eigenvalue weighted by Gasteiger charge is -2.15. The Kier molecular flexibility index (Phi) is 5.87. The molecule has 0 saturated carbocycles. The molecule has 21 heavy (non-hydrogen) atoms. The molecule has 0 spiro atoms. The van der Waals surface area contributed by atoms with Crippen LogP contribution in [0.2, 0.25) is 0 Å². The maximum atomic E-state index is 5.71. The Hall–Kier alpha value is -1.27. The summed E-state index contributed by atoms with van der Waals surface area (Å²) < 4.78 is 12.9. The molecule has 1 aromatic carbocycles. The maximum Gasteiger partial charge on any atom is 0.237 e. The highest BCUT2D eigenvalue weighted by Crippen LogP contribution is 2.34. The van der Waals surface area contributed by atoms with Crippen molar-refractivity contribution in [1.29, 1.82) is 0 Å². The first kappa shape index (κ1) is 16.1. The number of nitrogens with one attached hydrogen (secondary N) is 1. The van der Waals surface area contributed by atoms with Gasteiger partial charge in [0.05, 0.1) is 23.9 Å². The fraction of sp³-hybridized carbons (Fsp3) is 0.267. The maximum absolute atomic E-state index is 5.71. The van der Waals surface area contributed by atoms with Crippen molar-refractivity contribution in [3.05, 3.63) is 45.0 Å². The van der Waals surface area contributed by atoms with Gasteiger partial charge in [-0.2, -0.15) is 0 Å². The topological polar surface area (TPSA) is 43.4 Å². The summed E-state index contributed by atoms with van der Waals surface area (Å²) in [6.07, 6.45) is 1.70. The summed E-state index contributed by atoms with van der Waals surface area (Å²) in [4.78, 5) is 4.17. The van der Waals surface area contributed by atoms with Crippen LogP contribution >= 0.6 is 31.9 Å². The van der Waals surface area contributed by atoms with Crippen LogP contribution in [0.4, 0.5) is 5.69 Å². The Morgan fingerprint density at radius 3 is 2.81 bits per heavy atom. The number of anilines is 1. The molecule has 0 aliphatic carbocycles. The highest BCUT2D eigenvalue weighted by molar-refractivity contribution is 9.11. The first-order valence-electron chi connectivity index (χ1n) is 6.49. The molecule has 1 aromatic heterocycles. The van der Waals surface area contributed by atoms with Gasteiger partial charge in [-0.05, 0) is 47.1 Å². The van der Waals surface area contributed by atoms with E-state index >= 15 is 0 Å². The second-order valence-corrected chi connectivity index (χ2v) is 5.99. The van der Waals surface area contributed by atoms with Crippen LogP contribution in [0.15, 0.2) is 39.4 Å². The lowest BCUT2D eigenvalue weighted by molar-refractivity contribution is 0.334. The van der Waals surface area contributed by atoms with Gasteiger partial charge in [0.2, 0.25) is 5.88 Å². The molecule has 0 fully saturated rings. The summed E-state index contributed by atoms with van der Waals surface area (Å²) in [5, 5.41) is 3.32. The van der Waals surface area contributed by atoms with Crippen LogP contribution in [0.3, 0.4) is 0 Å². The predicted octanol–water partition coefficient (Wildman–Crippen LogP) is 4.63. The van der Waals surface area contributed by atoms with Crippen LogP contribution in [-0.2, 0) is 6.54 Å². The minimum absolute atomic E-state index is 0.574. The van der Waals surface area contributed by atoms with Crippen molar-refractivity contribution in [3.8, 4) is 11.6 Å². The van der Waals surface area contributed by atoms with Gasteiger partial charge < -0.3 is 14.8 Å². The van der Waals surface area contributed by atoms with Crippen LogP contribution in [0.1, 0.15) is 12.5 Å². The van der Waals surface area contributed by atoms with E-state index in [1.165, 1.54) is 0 Å². The molecule has 112 valence electrons. The average molecular weight is 416 g/mol. The highest BCUT2D eigenvalue weighted by Gasteiger charge is 2.11. The molecule has 1 heterocycles. The molecule has 0 aliphatic rings. The number of hydrogen-bond acceptors (Lipinski definition) is 4. The smallest absolute Gasteiger partial charge is 0.237 e. The first-order chi connectivity index (χ1) is 10.2. The zero-order valence-corrected chi connectivity index (χ0v) is 15.0. The van der Waals surface area contributed by atoms with Crippen molar-refractivity contribution >= 4 is 37.5 Å². The third-order valence-corrected chi connectivity index (χ3v) is 3.85. The summed E-state index contributed by atoms with van der Waals surface area (Å²) in [5.41, 5.74) is 1.89. The lowest BCUT2D eigenvalue weighted by atomic mass is 10.2. The van der Waals surface area contributed by atoms with Crippen molar-refractivity contribution in [1.82, 2.24) is 4.98 Å². The quantitative estimate of drug-likeness (QED) is 0.747. The van der Waals surface area contributed by atoms with Crippen molar-refractivity contribution in [2.24, 2.45) is 0 Å². The zero-order valence-electron chi connectivity index (χ0n) is 11.8. The van der Waals surface area contributed by atoms with Crippen molar-refractivity contribution in [3.63, 3.8) is 0 Å². The van der Waals surface area contributed by atoms with E-state index in [-0.39, 0.29) is 0 Å². The van der Waals surface area contributed by atoms with Crippen molar-refractivity contribution < 1.29 is 9.47 Å². The molecule has 0 aliphatic heterocycles. The van der Waals surface area contributed by atoms with Gasteiger partial charge in [-0.3, -0.25) is 0 Å². The molecule has 6 heteroatoms. The Bertz CT molecular complexity index is 621. The number of benzene rings is 1.